The molecule has 2 aliphatic rings. The second kappa shape index (κ2) is 7.53. The van der Waals surface area contributed by atoms with Crippen LogP contribution in [0, 0.1) is 0 Å². The molecule has 2 amide bonds. The second-order valence-electron chi connectivity index (χ2n) is 7.35. The summed E-state index contributed by atoms with van der Waals surface area (Å²) in [7, 11) is 2.11. The first-order valence-corrected chi connectivity index (χ1v) is 9.56. The predicted molar refractivity (Wildman–Crippen MR) is 105 cm³/mol. The lowest BCUT2D eigenvalue weighted by molar-refractivity contribution is -0.135. The number of hydrogen-bond donors (Lipinski definition) is 0. The fourth-order valence-electron chi connectivity index (χ4n) is 4.15. The van der Waals surface area contributed by atoms with Gasteiger partial charge in [0, 0.05) is 31.7 Å². The Morgan fingerprint density at radius 1 is 0.963 bits per heavy atom. The maximum atomic E-state index is 13.3. The summed E-state index contributed by atoms with van der Waals surface area (Å²) in [6, 6.07) is 19.7. The molecule has 140 valence electrons. The predicted octanol–water partition coefficient (Wildman–Crippen LogP) is 2.70. The van der Waals surface area contributed by atoms with Gasteiger partial charge in [0.15, 0.2) is 0 Å². The molecule has 2 atom stereocenters. The quantitative estimate of drug-likeness (QED) is 0.842. The van der Waals surface area contributed by atoms with E-state index in [-0.39, 0.29) is 23.9 Å². The number of para-hydroxylation sites is 1. The van der Waals surface area contributed by atoms with E-state index < -0.39 is 0 Å². The van der Waals surface area contributed by atoms with Crippen molar-refractivity contribution in [2.45, 2.75) is 24.9 Å². The number of amides is 2. The van der Waals surface area contributed by atoms with Crippen LogP contribution in [-0.4, -0.2) is 54.3 Å². The zero-order valence-corrected chi connectivity index (χ0v) is 15.6. The summed E-state index contributed by atoms with van der Waals surface area (Å²) in [5.41, 5.74) is 2.03. The van der Waals surface area contributed by atoms with Crippen molar-refractivity contribution in [3.63, 3.8) is 0 Å². The molecule has 0 bridgehead atoms. The Morgan fingerprint density at radius 2 is 1.63 bits per heavy atom. The summed E-state index contributed by atoms with van der Waals surface area (Å²) >= 11 is 0. The van der Waals surface area contributed by atoms with Crippen LogP contribution >= 0.6 is 0 Å². The lowest BCUT2D eigenvalue weighted by Crippen LogP contribution is -2.54. The smallest absolute Gasteiger partial charge is 0.245 e. The number of benzene rings is 2. The molecule has 0 saturated carbocycles. The van der Waals surface area contributed by atoms with Crippen molar-refractivity contribution >= 4 is 17.5 Å². The van der Waals surface area contributed by atoms with Gasteiger partial charge in [0.2, 0.25) is 11.8 Å². The number of carbonyl (C=O) groups is 2. The summed E-state index contributed by atoms with van der Waals surface area (Å²) in [4.78, 5) is 31.7. The minimum Gasteiger partial charge on any atom is -0.338 e. The van der Waals surface area contributed by atoms with Gasteiger partial charge in [-0.1, -0.05) is 48.5 Å². The Kier molecular flexibility index (Phi) is 4.94. The van der Waals surface area contributed by atoms with E-state index >= 15 is 0 Å². The highest BCUT2D eigenvalue weighted by atomic mass is 16.2. The van der Waals surface area contributed by atoms with E-state index in [0.717, 1.165) is 12.2 Å². The fraction of sp³-hybridized carbons (Fsp3) is 0.364. The number of anilines is 1. The van der Waals surface area contributed by atoms with Gasteiger partial charge in [0.05, 0.1) is 6.04 Å². The monoisotopic (exact) mass is 363 g/mol. The molecular weight excluding hydrogens is 338 g/mol. The van der Waals surface area contributed by atoms with Crippen molar-refractivity contribution in [2.24, 2.45) is 0 Å². The van der Waals surface area contributed by atoms with Gasteiger partial charge in [-0.2, -0.15) is 0 Å². The van der Waals surface area contributed by atoms with E-state index in [1.165, 1.54) is 5.56 Å². The molecule has 5 nitrogen and oxygen atoms in total. The number of carbonyl (C=O) groups excluding carboxylic acids is 2. The van der Waals surface area contributed by atoms with Crippen LogP contribution in [0.3, 0.4) is 0 Å². The lowest BCUT2D eigenvalue weighted by atomic mass is 10.0. The first-order chi connectivity index (χ1) is 13.1. The molecule has 2 aromatic rings. The average Bonchev–Trinajstić information content (AvgIpc) is 3.10. The van der Waals surface area contributed by atoms with Crippen molar-refractivity contribution < 1.29 is 9.59 Å². The molecule has 2 aliphatic heterocycles. The van der Waals surface area contributed by atoms with Crippen molar-refractivity contribution in [3.8, 4) is 0 Å². The maximum absolute atomic E-state index is 13.3. The molecule has 2 unspecified atom stereocenters. The molecule has 2 heterocycles. The molecule has 0 spiro atoms. The Labute approximate surface area is 160 Å². The van der Waals surface area contributed by atoms with E-state index in [1.807, 2.05) is 53.4 Å². The number of likely N-dealkylation sites (N-methyl/N-ethyl adjacent to an activating group) is 1. The zero-order chi connectivity index (χ0) is 18.8. The van der Waals surface area contributed by atoms with Gasteiger partial charge in [-0.05, 0) is 31.2 Å². The van der Waals surface area contributed by atoms with Gasteiger partial charge >= 0.3 is 0 Å². The number of rotatable bonds is 3. The standard InChI is InChI=1S/C22H25N3O2/c1-23-14-15-24(16-20(23)17-8-4-2-5-9-17)22(27)19-12-13-21(26)25(19)18-10-6-3-7-11-18/h2-11,19-20H,12-16H2,1H3. The summed E-state index contributed by atoms with van der Waals surface area (Å²) in [6.07, 6.45) is 1.02. The molecule has 2 saturated heterocycles. The molecule has 2 aromatic carbocycles. The van der Waals surface area contributed by atoms with Crippen molar-refractivity contribution in [3.05, 3.63) is 66.2 Å². The molecule has 0 N–H and O–H groups in total. The summed E-state index contributed by atoms with van der Waals surface area (Å²) in [6.45, 7) is 2.19. The molecule has 0 aliphatic carbocycles. The maximum Gasteiger partial charge on any atom is 0.245 e. The summed E-state index contributed by atoms with van der Waals surface area (Å²) in [5, 5.41) is 0. The van der Waals surface area contributed by atoms with Crippen LogP contribution in [0.5, 0.6) is 0 Å². The van der Waals surface area contributed by atoms with Crippen molar-refractivity contribution in [1.82, 2.24) is 9.80 Å². The number of hydrogen-bond acceptors (Lipinski definition) is 3. The second-order valence-corrected chi connectivity index (χ2v) is 7.35. The highest BCUT2D eigenvalue weighted by molar-refractivity contribution is 6.03. The minimum atomic E-state index is -0.389. The normalized spacial score (nSPS) is 23.7. The van der Waals surface area contributed by atoms with Gasteiger partial charge in [0.1, 0.15) is 6.04 Å². The average molecular weight is 363 g/mol. The Morgan fingerprint density at radius 3 is 2.33 bits per heavy atom. The molecule has 4 rings (SSSR count). The SMILES string of the molecule is CN1CCN(C(=O)C2CCC(=O)N2c2ccccc2)CC1c1ccccc1. The van der Waals surface area contributed by atoms with Gasteiger partial charge in [-0.3, -0.25) is 19.4 Å². The molecule has 0 radical (unpaired) electrons. The van der Waals surface area contributed by atoms with Crippen LogP contribution in [0.1, 0.15) is 24.4 Å². The fourth-order valence-corrected chi connectivity index (χ4v) is 4.15. The number of piperazine rings is 1. The van der Waals surface area contributed by atoms with Gasteiger partial charge in [-0.15, -0.1) is 0 Å². The lowest BCUT2D eigenvalue weighted by Gasteiger charge is -2.41. The third-order valence-corrected chi connectivity index (χ3v) is 5.68. The third-order valence-electron chi connectivity index (χ3n) is 5.68. The molecule has 5 heteroatoms. The molecule has 27 heavy (non-hydrogen) atoms. The Balaban J connectivity index is 1.54. The van der Waals surface area contributed by atoms with Crippen LogP contribution in [0.2, 0.25) is 0 Å². The van der Waals surface area contributed by atoms with Gasteiger partial charge in [-0.25, -0.2) is 0 Å². The van der Waals surface area contributed by atoms with E-state index in [0.29, 0.717) is 25.9 Å². The van der Waals surface area contributed by atoms with E-state index in [1.54, 1.807) is 4.90 Å². The highest BCUT2D eigenvalue weighted by Crippen LogP contribution is 2.30. The van der Waals surface area contributed by atoms with Crippen LogP contribution < -0.4 is 4.90 Å². The Bertz CT molecular complexity index is 809. The first-order valence-electron chi connectivity index (χ1n) is 9.56. The van der Waals surface area contributed by atoms with Crippen LogP contribution in [0.15, 0.2) is 60.7 Å². The van der Waals surface area contributed by atoms with E-state index in [4.69, 9.17) is 0 Å². The minimum absolute atomic E-state index is 0.0355. The van der Waals surface area contributed by atoms with Gasteiger partial charge < -0.3 is 4.90 Å². The highest BCUT2D eigenvalue weighted by Gasteiger charge is 2.40. The Hall–Kier alpha value is -2.66. The topological polar surface area (TPSA) is 43.9 Å². The summed E-state index contributed by atoms with van der Waals surface area (Å²) < 4.78 is 0. The molecule has 0 aromatic heterocycles. The van der Waals surface area contributed by atoms with Crippen molar-refractivity contribution in [1.29, 1.82) is 0 Å². The molecule has 2 fully saturated rings. The van der Waals surface area contributed by atoms with E-state index in [9.17, 15) is 9.59 Å². The largest absolute Gasteiger partial charge is 0.338 e. The van der Waals surface area contributed by atoms with E-state index in [2.05, 4.69) is 24.1 Å². The number of nitrogens with zero attached hydrogens (tertiary/aromatic N) is 3. The van der Waals surface area contributed by atoms with Crippen LogP contribution in [0.4, 0.5) is 5.69 Å². The third kappa shape index (κ3) is 3.47. The van der Waals surface area contributed by atoms with Crippen LogP contribution in [-0.2, 0) is 9.59 Å². The zero-order valence-electron chi connectivity index (χ0n) is 15.6. The van der Waals surface area contributed by atoms with Gasteiger partial charge in [0.25, 0.3) is 0 Å². The van der Waals surface area contributed by atoms with Crippen LogP contribution in [0.25, 0.3) is 0 Å². The van der Waals surface area contributed by atoms with Crippen molar-refractivity contribution in [2.75, 3.05) is 31.6 Å². The summed E-state index contributed by atoms with van der Waals surface area (Å²) in [5.74, 6) is 0.104. The molecular formula is C22H25N3O2. The first kappa shape index (κ1) is 17.7.